The van der Waals surface area contributed by atoms with Gasteiger partial charge < -0.3 is 5.32 Å². The lowest BCUT2D eigenvalue weighted by molar-refractivity contribution is 0.602. The van der Waals surface area contributed by atoms with Crippen LogP contribution < -0.4 is 5.32 Å². The topological polar surface area (TPSA) is 87.7 Å². The van der Waals surface area contributed by atoms with Crippen LogP contribution in [0.4, 0.5) is 0 Å². The van der Waals surface area contributed by atoms with E-state index in [-0.39, 0.29) is 0 Å². The summed E-state index contributed by atoms with van der Waals surface area (Å²) in [6.45, 7) is 0.615. The first-order chi connectivity index (χ1) is 8.99. The fourth-order valence-electron chi connectivity index (χ4n) is 1.70. The zero-order valence-corrected chi connectivity index (χ0v) is 11.7. The van der Waals surface area contributed by atoms with E-state index in [9.17, 15) is 8.42 Å². The molecule has 0 aliphatic rings. The molecule has 102 valence electrons. The Bertz CT molecular complexity index is 647. The van der Waals surface area contributed by atoms with Gasteiger partial charge in [0.05, 0.1) is 11.4 Å². The number of benzene rings is 1. The molecule has 0 aliphatic heterocycles. The largest absolute Gasteiger partial charge is 0.313 e. The van der Waals surface area contributed by atoms with Gasteiger partial charge in [-0.2, -0.15) is 5.10 Å². The molecule has 0 saturated carbocycles. The van der Waals surface area contributed by atoms with E-state index in [2.05, 4.69) is 20.5 Å². The van der Waals surface area contributed by atoms with E-state index < -0.39 is 9.84 Å². The molecule has 0 atom stereocenters. The van der Waals surface area contributed by atoms with Gasteiger partial charge in [0, 0.05) is 12.7 Å². The van der Waals surface area contributed by atoms with Crippen molar-refractivity contribution in [3.63, 3.8) is 0 Å². The number of H-pyrrole nitrogens is 1. The molecule has 2 rings (SSSR count). The molecule has 2 N–H and O–H groups in total. The van der Waals surface area contributed by atoms with Crippen LogP contribution in [-0.2, 0) is 22.8 Å². The number of rotatable bonds is 5. The molecule has 0 unspecified atom stereocenters. The van der Waals surface area contributed by atoms with Crippen LogP contribution in [0.5, 0.6) is 0 Å². The smallest absolute Gasteiger partial charge is 0.175 e. The Morgan fingerprint density at radius 2 is 1.95 bits per heavy atom. The lowest BCUT2D eigenvalue weighted by Crippen LogP contribution is -2.06. The molecule has 0 fully saturated rings. The standard InChI is InChI=1S/C12H16N4O2S/c1-13-8-12-14-11(15-16-12)7-9-3-5-10(6-4-9)19(2,17)18/h3-6,13H,7-8H2,1-2H3,(H,14,15,16). The number of aromatic nitrogens is 3. The van der Waals surface area contributed by atoms with Crippen LogP contribution in [0, 0.1) is 0 Å². The van der Waals surface area contributed by atoms with Crippen molar-refractivity contribution in [1.29, 1.82) is 0 Å². The van der Waals surface area contributed by atoms with Gasteiger partial charge in [-0.3, -0.25) is 5.10 Å². The highest BCUT2D eigenvalue weighted by atomic mass is 32.2. The molecule has 0 aliphatic carbocycles. The molecule has 19 heavy (non-hydrogen) atoms. The van der Waals surface area contributed by atoms with Crippen LogP contribution in [0.15, 0.2) is 29.2 Å². The predicted octanol–water partition coefficient (Wildman–Crippen LogP) is 0.518. The molecule has 0 spiro atoms. The first kappa shape index (κ1) is 13.7. The Hall–Kier alpha value is -1.73. The molecule has 0 radical (unpaired) electrons. The monoisotopic (exact) mass is 280 g/mol. The van der Waals surface area contributed by atoms with E-state index in [1.54, 1.807) is 24.3 Å². The van der Waals surface area contributed by atoms with Crippen LogP contribution >= 0.6 is 0 Å². The maximum atomic E-state index is 11.3. The van der Waals surface area contributed by atoms with E-state index in [4.69, 9.17) is 0 Å². The van der Waals surface area contributed by atoms with E-state index in [0.29, 0.717) is 23.7 Å². The Kier molecular flexibility index (Phi) is 3.96. The maximum Gasteiger partial charge on any atom is 0.175 e. The predicted molar refractivity (Wildman–Crippen MR) is 71.5 cm³/mol. The average molecular weight is 280 g/mol. The summed E-state index contributed by atoms with van der Waals surface area (Å²) in [5, 5.41) is 9.90. The van der Waals surface area contributed by atoms with Crippen LogP contribution in [-0.4, -0.2) is 36.9 Å². The molecule has 7 heteroatoms. The van der Waals surface area contributed by atoms with Crippen molar-refractivity contribution >= 4 is 9.84 Å². The Labute approximate surface area is 112 Å². The van der Waals surface area contributed by atoms with E-state index in [1.807, 2.05) is 7.05 Å². The van der Waals surface area contributed by atoms with Gasteiger partial charge in [-0.25, -0.2) is 13.4 Å². The Morgan fingerprint density at radius 1 is 1.26 bits per heavy atom. The van der Waals surface area contributed by atoms with Crippen molar-refractivity contribution in [3.8, 4) is 0 Å². The summed E-state index contributed by atoms with van der Waals surface area (Å²) in [6, 6.07) is 6.79. The minimum atomic E-state index is -3.14. The third-order valence-electron chi connectivity index (χ3n) is 2.64. The van der Waals surface area contributed by atoms with Gasteiger partial charge in [0.1, 0.15) is 5.82 Å². The van der Waals surface area contributed by atoms with Crippen molar-refractivity contribution in [3.05, 3.63) is 41.5 Å². The Morgan fingerprint density at radius 3 is 2.53 bits per heavy atom. The number of sulfone groups is 1. The lowest BCUT2D eigenvalue weighted by Gasteiger charge is -2.00. The number of nitrogens with zero attached hydrogens (tertiary/aromatic N) is 2. The van der Waals surface area contributed by atoms with Crippen LogP contribution in [0.3, 0.4) is 0 Å². The summed E-state index contributed by atoms with van der Waals surface area (Å²) in [5.74, 6) is 1.47. The molecule has 0 bridgehead atoms. The summed E-state index contributed by atoms with van der Waals surface area (Å²) < 4.78 is 22.7. The molecule has 0 saturated heterocycles. The molecular formula is C12H16N4O2S. The summed E-state index contributed by atoms with van der Waals surface area (Å²) in [5.41, 5.74) is 0.986. The highest BCUT2D eigenvalue weighted by Gasteiger charge is 2.07. The van der Waals surface area contributed by atoms with Crippen molar-refractivity contribution in [2.45, 2.75) is 17.9 Å². The second-order valence-corrected chi connectivity index (χ2v) is 6.34. The normalized spacial score (nSPS) is 11.7. The molecule has 1 heterocycles. The minimum Gasteiger partial charge on any atom is -0.313 e. The average Bonchev–Trinajstić information content (AvgIpc) is 2.77. The fourth-order valence-corrected chi connectivity index (χ4v) is 2.33. The maximum absolute atomic E-state index is 11.3. The van der Waals surface area contributed by atoms with Crippen LogP contribution in [0.2, 0.25) is 0 Å². The van der Waals surface area contributed by atoms with Gasteiger partial charge in [0.2, 0.25) is 0 Å². The van der Waals surface area contributed by atoms with Gasteiger partial charge in [0.15, 0.2) is 15.7 Å². The lowest BCUT2D eigenvalue weighted by atomic mass is 10.1. The van der Waals surface area contributed by atoms with Gasteiger partial charge in [-0.15, -0.1) is 0 Å². The molecule has 0 amide bonds. The summed E-state index contributed by atoms with van der Waals surface area (Å²) >= 11 is 0. The van der Waals surface area contributed by atoms with Crippen LogP contribution in [0.25, 0.3) is 0 Å². The van der Waals surface area contributed by atoms with Crippen molar-refractivity contribution < 1.29 is 8.42 Å². The number of hydrogen-bond donors (Lipinski definition) is 2. The molecule has 2 aromatic rings. The number of hydrogen-bond acceptors (Lipinski definition) is 5. The molecular weight excluding hydrogens is 264 g/mol. The SMILES string of the molecule is CNCc1n[nH]c(Cc2ccc(S(C)(=O)=O)cc2)n1. The summed E-state index contributed by atoms with van der Waals surface area (Å²) in [7, 11) is -1.31. The third-order valence-corrected chi connectivity index (χ3v) is 3.76. The highest BCUT2D eigenvalue weighted by Crippen LogP contribution is 2.12. The van der Waals surface area contributed by atoms with Gasteiger partial charge in [-0.1, -0.05) is 12.1 Å². The second kappa shape index (κ2) is 5.50. The van der Waals surface area contributed by atoms with Gasteiger partial charge in [0.25, 0.3) is 0 Å². The quantitative estimate of drug-likeness (QED) is 0.833. The first-order valence-electron chi connectivity index (χ1n) is 5.83. The summed E-state index contributed by atoms with van der Waals surface area (Å²) in [6.07, 6.45) is 1.79. The highest BCUT2D eigenvalue weighted by molar-refractivity contribution is 7.90. The minimum absolute atomic E-state index is 0.324. The third kappa shape index (κ3) is 3.62. The molecule has 1 aromatic heterocycles. The van der Waals surface area contributed by atoms with Gasteiger partial charge in [-0.05, 0) is 24.7 Å². The zero-order chi connectivity index (χ0) is 13.9. The van der Waals surface area contributed by atoms with Crippen molar-refractivity contribution in [1.82, 2.24) is 20.5 Å². The molecule has 6 nitrogen and oxygen atoms in total. The van der Waals surface area contributed by atoms with Crippen molar-refractivity contribution in [2.75, 3.05) is 13.3 Å². The van der Waals surface area contributed by atoms with E-state index in [1.165, 1.54) is 6.26 Å². The van der Waals surface area contributed by atoms with Crippen molar-refractivity contribution in [2.24, 2.45) is 0 Å². The van der Waals surface area contributed by atoms with Gasteiger partial charge >= 0.3 is 0 Å². The molecule has 1 aromatic carbocycles. The first-order valence-corrected chi connectivity index (χ1v) is 7.72. The number of aromatic amines is 1. The zero-order valence-electron chi connectivity index (χ0n) is 10.8. The summed E-state index contributed by atoms with van der Waals surface area (Å²) in [4.78, 5) is 4.64. The van der Waals surface area contributed by atoms with E-state index >= 15 is 0 Å². The van der Waals surface area contributed by atoms with Crippen LogP contribution in [0.1, 0.15) is 17.2 Å². The number of nitrogens with one attached hydrogen (secondary N) is 2. The van der Waals surface area contributed by atoms with E-state index in [0.717, 1.165) is 11.4 Å². The second-order valence-electron chi connectivity index (χ2n) is 4.32. The Balaban J connectivity index is 2.10. The fraction of sp³-hybridized carbons (Fsp3) is 0.333.